The van der Waals surface area contributed by atoms with Crippen LogP contribution in [0.25, 0.3) is 27.8 Å². The lowest BCUT2D eigenvalue weighted by molar-refractivity contribution is 0.415. The summed E-state index contributed by atoms with van der Waals surface area (Å²) in [4.78, 5) is 4.59. The Kier molecular flexibility index (Phi) is 3.17. The molecule has 0 saturated heterocycles. The molecular weight excluding hydrogens is 305 g/mol. The maximum absolute atomic E-state index is 13.8. The quantitative estimate of drug-likeness (QED) is 0.557. The Morgan fingerprint density at radius 1 is 1.08 bits per heavy atom. The third-order valence-electron chi connectivity index (χ3n) is 4.03. The maximum atomic E-state index is 13.8. The molecule has 0 N–H and O–H groups in total. The van der Waals surface area contributed by atoms with Gasteiger partial charge in [0.25, 0.3) is 0 Å². The van der Waals surface area contributed by atoms with E-state index in [9.17, 15) is 4.39 Å². The first-order chi connectivity index (χ1) is 11.7. The number of nitriles is 1. The van der Waals surface area contributed by atoms with E-state index in [-0.39, 0.29) is 5.56 Å². The van der Waals surface area contributed by atoms with Crippen LogP contribution in [-0.2, 0) is 0 Å². The Hall–Kier alpha value is -3.39. The van der Waals surface area contributed by atoms with Gasteiger partial charge in [-0.05, 0) is 47.5 Å². The molecule has 0 aliphatic rings. The van der Waals surface area contributed by atoms with Gasteiger partial charge in [0, 0.05) is 12.3 Å². The highest BCUT2D eigenvalue weighted by Crippen LogP contribution is 2.26. The number of methoxy groups -OCH3 is 1. The number of hydrogen-bond acceptors (Lipinski definition) is 3. The van der Waals surface area contributed by atoms with Crippen molar-refractivity contribution in [2.75, 3.05) is 7.11 Å². The van der Waals surface area contributed by atoms with Crippen molar-refractivity contribution in [3.63, 3.8) is 0 Å². The SMILES string of the molecule is COc1ccc2nc3cc(-c4ccc(C#N)c(F)c4)ccn3c2c1. The Morgan fingerprint density at radius 3 is 2.67 bits per heavy atom. The second-order valence-corrected chi connectivity index (χ2v) is 5.42. The second kappa shape index (κ2) is 5.36. The molecule has 0 unspecified atom stereocenters. The molecule has 2 aromatic carbocycles. The summed E-state index contributed by atoms with van der Waals surface area (Å²) in [7, 11) is 1.63. The van der Waals surface area contributed by atoms with Crippen LogP contribution in [0.5, 0.6) is 5.75 Å². The summed E-state index contributed by atoms with van der Waals surface area (Å²) in [5.74, 6) is 0.246. The Balaban J connectivity index is 1.88. The number of pyridine rings is 1. The Morgan fingerprint density at radius 2 is 1.92 bits per heavy atom. The fourth-order valence-corrected chi connectivity index (χ4v) is 2.78. The highest BCUT2D eigenvalue weighted by molar-refractivity contribution is 5.83. The van der Waals surface area contributed by atoms with E-state index < -0.39 is 5.82 Å². The molecule has 4 rings (SSSR count). The van der Waals surface area contributed by atoms with Crippen LogP contribution in [0.1, 0.15) is 5.56 Å². The van der Waals surface area contributed by atoms with Crippen molar-refractivity contribution in [2.24, 2.45) is 0 Å². The number of imidazole rings is 1. The van der Waals surface area contributed by atoms with Gasteiger partial charge in [-0.2, -0.15) is 5.26 Å². The van der Waals surface area contributed by atoms with E-state index in [2.05, 4.69) is 4.98 Å². The number of hydrogen-bond donors (Lipinski definition) is 0. The molecule has 4 aromatic rings. The number of ether oxygens (including phenoxy) is 1. The predicted octanol–water partition coefficient (Wildman–Crippen LogP) is 4.17. The number of nitrogens with zero attached hydrogens (tertiary/aromatic N) is 3. The van der Waals surface area contributed by atoms with E-state index in [0.717, 1.165) is 28.0 Å². The predicted molar refractivity (Wildman–Crippen MR) is 89.4 cm³/mol. The monoisotopic (exact) mass is 317 g/mol. The topological polar surface area (TPSA) is 50.3 Å². The molecule has 0 aliphatic heterocycles. The van der Waals surface area contributed by atoms with E-state index in [1.807, 2.05) is 47.0 Å². The fraction of sp³-hybridized carbons (Fsp3) is 0.0526. The number of rotatable bonds is 2. The largest absolute Gasteiger partial charge is 0.497 e. The molecule has 4 nitrogen and oxygen atoms in total. The minimum Gasteiger partial charge on any atom is -0.497 e. The van der Waals surface area contributed by atoms with Gasteiger partial charge in [-0.25, -0.2) is 9.37 Å². The summed E-state index contributed by atoms with van der Waals surface area (Å²) in [5.41, 5.74) is 4.16. The molecule has 24 heavy (non-hydrogen) atoms. The lowest BCUT2D eigenvalue weighted by Gasteiger charge is -2.04. The number of aromatic nitrogens is 2. The van der Waals surface area contributed by atoms with Crippen LogP contribution < -0.4 is 4.74 Å². The van der Waals surface area contributed by atoms with Crippen molar-refractivity contribution in [1.29, 1.82) is 5.26 Å². The third-order valence-corrected chi connectivity index (χ3v) is 4.03. The first-order valence-electron chi connectivity index (χ1n) is 7.35. The first kappa shape index (κ1) is 14.2. The third kappa shape index (κ3) is 2.17. The summed E-state index contributed by atoms with van der Waals surface area (Å²) in [6.07, 6.45) is 1.90. The molecule has 2 heterocycles. The molecule has 0 spiro atoms. The van der Waals surface area contributed by atoms with Crippen LogP contribution in [0.2, 0.25) is 0 Å². The summed E-state index contributed by atoms with van der Waals surface area (Å²) in [5, 5.41) is 8.83. The van der Waals surface area contributed by atoms with Gasteiger partial charge >= 0.3 is 0 Å². The summed E-state index contributed by atoms with van der Waals surface area (Å²) < 4.78 is 21.1. The molecule has 0 amide bonds. The highest BCUT2D eigenvalue weighted by Gasteiger charge is 2.09. The molecule has 5 heteroatoms. The van der Waals surface area contributed by atoms with Gasteiger partial charge in [0.15, 0.2) is 0 Å². The molecular formula is C19H12FN3O. The maximum Gasteiger partial charge on any atom is 0.141 e. The first-order valence-corrected chi connectivity index (χ1v) is 7.35. The summed E-state index contributed by atoms with van der Waals surface area (Å²) >= 11 is 0. The zero-order valence-electron chi connectivity index (χ0n) is 12.8. The highest BCUT2D eigenvalue weighted by atomic mass is 19.1. The van der Waals surface area contributed by atoms with E-state index in [1.54, 1.807) is 13.2 Å². The van der Waals surface area contributed by atoms with Crippen molar-refractivity contribution in [1.82, 2.24) is 9.38 Å². The molecule has 0 atom stereocenters. The zero-order valence-corrected chi connectivity index (χ0v) is 12.8. The zero-order chi connectivity index (χ0) is 16.7. The van der Waals surface area contributed by atoms with Crippen LogP contribution in [0, 0.1) is 17.1 Å². The number of benzene rings is 2. The minimum absolute atomic E-state index is 0.0403. The minimum atomic E-state index is -0.520. The van der Waals surface area contributed by atoms with Crippen LogP contribution in [0.4, 0.5) is 4.39 Å². The van der Waals surface area contributed by atoms with Gasteiger partial charge < -0.3 is 4.74 Å². The van der Waals surface area contributed by atoms with Crippen molar-refractivity contribution in [3.05, 3.63) is 66.1 Å². The van der Waals surface area contributed by atoms with Crippen molar-refractivity contribution in [3.8, 4) is 22.9 Å². The lowest BCUT2D eigenvalue weighted by Crippen LogP contribution is -1.89. The summed E-state index contributed by atoms with van der Waals surface area (Å²) in [6, 6.07) is 15.9. The lowest BCUT2D eigenvalue weighted by atomic mass is 10.0. The average Bonchev–Trinajstić information content (AvgIpc) is 2.98. The van der Waals surface area contributed by atoms with Crippen molar-refractivity contribution in [2.45, 2.75) is 0 Å². The van der Waals surface area contributed by atoms with Gasteiger partial charge in [0.05, 0.1) is 23.7 Å². The van der Waals surface area contributed by atoms with Gasteiger partial charge in [-0.15, -0.1) is 0 Å². The van der Waals surface area contributed by atoms with Crippen LogP contribution in [0.3, 0.4) is 0 Å². The fourth-order valence-electron chi connectivity index (χ4n) is 2.78. The van der Waals surface area contributed by atoms with E-state index in [1.165, 1.54) is 12.1 Å². The molecule has 0 radical (unpaired) electrons. The standard InChI is InChI=1S/C19H12FN3O/c1-24-15-4-5-17-18(10-15)23-7-6-13(9-19(23)22-17)12-2-3-14(11-21)16(20)8-12/h2-10H,1H3. The van der Waals surface area contributed by atoms with Gasteiger partial charge in [-0.3, -0.25) is 4.40 Å². The van der Waals surface area contributed by atoms with Crippen LogP contribution >= 0.6 is 0 Å². The van der Waals surface area contributed by atoms with Crippen LogP contribution in [-0.4, -0.2) is 16.5 Å². The normalized spacial score (nSPS) is 10.9. The Labute approximate surface area is 137 Å². The molecule has 0 saturated carbocycles. The smallest absolute Gasteiger partial charge is 0.141 e. The van der Waals surface area contributed by atoms with Crippen LogP contribution in [0.15, 0.2) is 54.7 Å². The number of halogens is 1. The molecule has 0 fully saturated rings. The molecule has 0 aliphatic carbocycles. The van der Waals surface area contributed by atoms with Crippen molar-refractivity contribution >= 4 is 16.7 Å². The molecule has 2 aromatic heterocycles. The van der Waals surface area contributed by atoms with Gasteiger partial charge in [0.1, 0.15) is 23.3 Å². The summed E-state index contributed by atoms with van der Waals surface area (Å²) in [6.45, 7) is 0. The van der Waals surface area contributed by atoms with Gasteiger partial charge in [0.2, 0.25) is 0 Å². The van der Waals surface area contributed by atoms with Crippen molar-refractivity contribution < 1.29 is 9.13 Å². The molecule has 116 valence electrons. The van der Waals surface area contributed by atoms with E-state index in [4.69, 9.17) is 10.00 Å². The second-order valence-electron chi connectivity index (χ2n) is 5.42. The van der Waals surface area contributed by atoms with Gasteiger partial charge in [-0.1, -0.05) is 6.07 Å². The Bertz CT molecular complexity index is 1120. The number of fused-ring (bicyclic) bond motifs is 3. The van der Waals surface area contributed by atoms with E-state index >= 15 is 0 Å². The molecule has 0 bridgehead atoms. The van der Waals surface area contributed by atoms with E-state index in [0.29, 0.717) is 5.56 Å². The average molecular weight is 317 g/mol.